The molecule has 102 valence electrons. The van der Waals surface area contributed by atoms with E-state index in [4.69, 9.17) is 5.73 Å². The van der Waals surface area contributed by atoms with Gasteiger partial charge in [-0.05, 0) is 46.5 Å². The monoisotopic (exact) mass is 313 g/mol. The summed E-state index contributed by atoms with van der Waals surface area (Å²) < 4.78 is 2.97. The van der Waals surface area contributed by atoms with Gasteiger partial charge in [-0.3, -0.25) is 4.68 Å². The van der Waals surface area contributed by atoms with E-state index in [-0.39, 0.29) is 11.5 Å². The van der Waals surface area contributed by atoms with Crippen molar-refractivity contribution in [3.05, 3.63) is 16.4 Å². The third kappa shape index (κ3) is 2.50. The molecule has 1 aromatic rings. The first-order valence-electron chi connectivity index (χ1n) is 6.89. The van der Waals surface area contributed by atoms with Gasteiger partial charge in [0.05, 0.1) is 22.4 Å². The molecule has 1 atom stereocenters. The fourth-order valence-electron chi connectivity index (χ4n) is 3.59. The molecule has 1 fully saturated rings. The average Bonchev–Trinajstić information content (AvgIpc) is 2.86. The predicted molar refractivity (Wildman–Crippen MR) is 78.2 cm³/mol. The number of hydrogen-bond donors (Lipinski definition) is 1. The Balaban J connectivity index is 2.31. The molecule has 0 spiro atoms. The lowest BCUT2D eigenvalue weighted by molar-refractivity contribution is 0.177. The van der Waals surface area contributed by atoms with E-state index < -0.39 is 0 Å². The van der Waals surface area contributed by atoms with Crippen molar-refractivity contribution in [1.82, 2.24) is 9.78 Å². The maximum atomic E-state index is 6.64. The highest BCUT2D eigenvalue weighted by molar-refractivity contribution is 9.10. The number of aromatic nitrogens is 2. The van der Waals surface area contributed by atoms with E-state index in [9.17, 15) is 0 Å². The van der Waals surface area contributed by atoms with E-state index in [0.717, 1.165) is 10.2 Å². The Bertz CT molecular complexity index is 386. The topological polar surface area (TPSA) is 43.8 Å². The van der Waals surface area contributed by atoms with Crippen molar-refractivity contribution in [3.63, 3.8) is 0 Å². The van der Waals surface area contributed by atoms with Gasteiger partial charge in [0.25, 0.3) is 0 Å². The third-order valence-electron chi connectivity index (χ3n) is 4.31. The summed E-state index contributed by atoms with van der Waals surface area (Å²) in [6.45, 7) is 4.59. The maximum absolute atomic E-state index is 6.64. The first-order chi connectivity index (χ1) is 8.46. The van der Waals surface area contributed by atoms with Crippen LogP contribution in [0.25, 0.3) is 0 Å². The van der Waals surface area contributed by atoms with Crippen LogP contribution in [0.3, 0.4) is 0 Å². The van der Waals surface area contributed by atoms with Crippen molar-refractivity contribution in [2.75, 3.05) is 0 Å². The summed E-state index contributed by atoms with van der Waals surface area (Å²) in [5, 5.41) is 4.31. The van der Waals surface area contributed by atoms with Gasteiger partial charge in [0.15, 0.2) is 0 Å². The number of halogens is 1. The molecule has 1 saturated carbocycles. The zero-order valence-electron chi connectivity index (χ0n) is 11.6. The standard InChI is InChI=1S/C14H24BrN3/c1-10(2)8-14(6-4-5-7-14)13(16)12-11(15)9-17-18(12)3/h9-10,13H,4-8,16H2,1-3H3. The van der Waals surface area contributed by atoms with Gasteiger partial charge in [0.1, 0.15) is 0 Å². The van der Waals surface area contributed by atoms with Gasteiger partial charge in [-0.15, -0.1) is 0 Å². The highest BCUT2D eigenvalue weighted by Gasteiger charge is 2.42. The number of aryl methyl sites for hydroxylation is 1. The number of nitrogens with zero attached hydrogens (tertiary/aromatic N) is 2. The molecule has 1 unspecified atom stereocenters. The normalized spacial score (nSPS) is 20.6. The molecular formula is C14H24BrN3. The Hall–Kier alpha value is -0.350. The van der Waals surface area contributed by atoms with E-state index in [1.807, 2.05) is 17.9 Å². The Kier molecular flexibility index (Phi) is 4.17. The molecule has 2 rings (SSSR count). The van der Waals surface area contributed by atoms with Crippen molar-refractivity contribution in [3.8, 4) is 0 Å². The molecule has 1 heterocycles. The minimum atomic E-state index is 0.0873. The second kappa shape index (κ2) is 5.33. The second-order valence-corrected chi connectivity index (χ2v) is 7.00. The fraction of sp³-hybridized carbons (Fsp3) is 0.786. The van der Waals surface area contributed by atoms with Gasteiger partial charge in [-0.2, -0.15) is 5.10 Å². The van der Waals surface area contributed by atoms with Gasteiger partial charge in [0.2, 0.25) is 0 Å². The molecule has 2 N–H and O–H groups in total. The summed E-state index contributed by atoms with van der Waals surface area (Å²) >= 11 is 3.59. The molecule has 18 heavy (non-hydrogen) atoms. The summed E-state index contributed by atoms with van der Waals surface area (Å²) in [5.74, 6) is 0.696. The quantitative estimate of drug-likeness (QED) is 0.919. The summed E-state index contributed by atoms with van der Waals surface area (Å²) in [5.41, 5.74) is 8.06. The lowest BCUT2D eigenvalue weighted by Crippen LogP contribution is -2.35. The third-order valence-corrected chi connectivity index (χ3v) is 4.92. The molecule has 4 heteroatoms. The van der Waals surface area contributed by atoms with Crippen molar-refractivity contribution in [1.29, 1.82) is 0 Å². The zero-order valence-corrected chi connectivity index (χ0v) is 13.2. The summed E-state index contributed by atoms with van der Waals surface area (Å²) in [6, 6.07) is 0.0873. The van der Waals surface area contributed by atoms with E-state index >= 15 is 0 Å². The molecule has 3 nitrogen and oxygen atoms in total. The Morgan fingerprint density at radius 3 is 2.50 bits per heavy atom. The van der Waals surface area contributed by atoms with Gasteiger partial charge in [0, 0.05) is 7.05 Å². The molecule has 0 aromatic carbocycles. The van der Waals surface area contributed by atoms with Crippen molar-refractivity contribution in [2.24, 2.45) is 24.1 Å². The molecule has 1 aromatic heterocycles. The van der Waals surface area contributed by atoms with E-state index in [0.29, 0.717) is 5.92 Å². The predicted octanol–water partition coefficient (Wildman–Crippen LogP) is 3.79. The van der Waals surface area contributed by atoms with Crippen LogP contribution < -0.4 is 5.73 Å². The number of hydrogen-bond acceptors (Lipinski definition) is 2. The Morgan fingerprint density at radius 2 is 2.06 bits per heavy atom. The summed E-state index contributed by atoms with van der Waals surface area (Å²) in [7, 11) is 1.98. The van der Waals surface area contributed by atoms with Crippen LogP contribution >= 0.6 is 15.9 Å². The van der Waals surface area contributed by atoms with Crippen LogP contribution in [0.5, 0.6) is 0 Å². The van der Waals surface area contributed by atoms with Crippen LogP contribution in [0.1, 0.15) is 57.7 Å². The summed E-state index contributed by atoms with van der Waals surface area (Å²) in [6.07, 6.45) is 8.21. The van der Waals surface area contributed by atoms with Gasteiger partial charge in [-0.25, -0.2) is 0 Å². The fourth-order valence-corrected chi connectivity index (χ4v) is 4.19. The molecule has 0 radical (unpaired) electrons. The first-order valence-corrected chi connectivity index (χ1v) is 7.68. The van der Waals surface area contributed by atoms with Crippen LogP contribution in [0, 0.1) is 11.3 Å². The van der Waals surface area contributed by atoms with Gasteiger partial charge in [-0.1, -0.05) is 26.7 Å². The van der Waals surface area contributed by atoms with E-state index in [1.165, 1.54) is 32.1 Å². The molecular weight excluding hydrogens is 290 g/mol. The molecule has 1 aliphatic rings. The average molecular weight is 314 g/mol. The largest absolute Gasteiger partial charge is 0.322 e. The Morgan fingerprint density at radius 1 is 1.44 bits per heavy atom. The molecule has 0 bridgehead atoms. The van der Waals surface area contributed by atoms with Crippen LogP contribution in [-0.2, 0) is 7.05 Å². The highest BCUT2D eigenvalue weighted by atomic mass is 79.9. The smallest absolute Gasteiger partial charge is 0.0695 e. The van der Waals surface area contributed by atoms with E-state index in [2.05, 4.69) is 34.9 Å². The lowest BCUT2D eigenvalue weighted by atomic mass is 9.72. The minimum absolute atomic E-state index is 0.0873. The van der Waals surface area contributed by atoms with Crippen LogP contribution in [0.15, 0.2) is 10.7 Å². The lowest BCUT2D eigenvalue weighted by Gasteiger charge is -2.37. The number of rotatable bonds is 4. The molecule has 0 amide bonds. The van der Waals surface area contributed by atoms with E-state index in [1.54, 1.807) is 0 Å². The molecule has 0 saturated heterocycles. The zero-order chi connectivity index (χ0) is 13.3. The van der Waals surface area contributed by atoms with Crippen LogP contribution in [0.4, 0.5) is 0 Å². The van der Waals surface area contributed by atoms with Gasteiger partial charge >= 0.3 is 0 Å². The van der Waals surface area contributed by atoms with Crippen molar-refractivity contribution >= 4 is 15.9 Å². The maximum Gasteiger partial charge on any atom is 0.0695 e. The SMILES string of the molecule is CC(C)CC1(C(N)c2c(Br)cnn2C)CCCC1. The Labute approximate surface area is 118 Å². The van der Waals surface area contributed by atoms with Crippen molar-refractivity contribution in [2.45, 2.75) is 52.0 Å². The highest BCUT2D eigenvalue weighted by Crippen LogP contribution is 2.51. The number of nitrogens with two attached hydrogens (primary N) is 1. The first kappa shape index (κ1) is 14.1. The van der Waals surface area contributed by atoms with Crippen molar-refractivity contribution < 1.29 is 0 Å². The molecule has 1 aliphatic carbocycles. The van der Waals surface area contributed by atoms with Crippen LogP contribution in [0.2, 0.25) is 0 Å². The second-order valence-electron chi connectivity index (χ2n) is 6.15. The minimum Gasteiger partial charge on any atom is -0.322 e. The van der Waals surface area contributed by atoms with Crippen LogP contribution in [-0.4, -0.2) is 9.78 Å². The summed E-state index contributed by atoms with van der Waals surface area (Å²) in [4.78, 5) is 0. The molecule has 0 aliphatic heterocycles. The van der Waals surface area contributed by atoms with Gasteiger partial charge < -0.3 is 5.73 Å².